The molecule has 0 bridgehead atoms. The molecule has 36 heavy (non-hydrogen) atoms. The number of rotatable bonds is 5. The van der Waals surface area contributed by atoms with Crippen molar-refractivity contribution >= 4 is 50.0 Å². The Bertz CT molecular complexity index is 1300. The molecular formula is C23H22BrF3N4O4S. The Morgan fingerprint density at radius 1 is 1.36 bits per heavy atom. The number of aromatic nitrogens is 2. The van der Waals surface area contributed by atoms with Crippen LogP contribution in [0.4, 0.5) is 24.0 Å². The summed E-state index contributed by atoms with van der Waals surface area (Å²) in [5, 5.41) is 10.1. The molecule has 1 aliphatic carbocycles. The first-order valence-corrected chi connectivity index (χ1v) is 13.1. The van der Waals surface area contributed by atoms with E-state index in [0.29, 0.717) is 22.7 Å². The van der Waals surface area contributed by atoms with E-state index in [0.717, 1.165) is 34.4 Å². The fraction of sp³-hybridized carbons (Fsp3) is 0.435. The van der Waals surface area contributed by atoms with Gasteiger partial charge in [-0.2, -0.15) is 18.3 Å². The van der Waals surface area contributed by atoms with Crippen molar-refractivity contribution in [2.45, 2.75) is 57.3 Å². The van der Waals surface area contributed by atoms with Crippen LogP contribution in [0.1, 0.15) is 75.3 Å². The van der Waals surface area contributed by atoms with Gasteiger partial charge in [0, 0.05) is 11.3 Å². The van der Waals surface area contributed by atoms with Gasteiger partial charge in [-0.3, -0.25) is 4.79 Å². The molecule has 13 heteroatoms. The standard InChI is InChI=1S/C23H22BrF3N4O4S/c1-2-34-22(33)16-11-6-3-4-8-14(11)36-21(16)29-20(32)18-17(24)19-28-12(13-7-5-9-35-13)10-15(23(25,26)27)31(19)30-18/h5,7,9,12,15,28H,2-4,6,8,10H2,1H3,(H,29,32)/t12-,15-/m0/s1. The number of furan rings is 1. The SMILES string of the molecule is CCOC(=O)c1c(NC(=O)c2nn3c(c2Br)N[C@H](c2ccco2)C[C@H]3C(F)(F)F)sc2c1CCCC2. The average molecular weight is 587 g/mol. The molecule has 2 aliphatic rings. The molecule has 0 saturated heterocycles. The fourth-order valence-electron chi connectivity index (χ4n) is 4.65. The van der Waals surface area contributed by atoms with Crippen LogP contribution in [-0.4, -0.2) is 34.4 Å². The Morgan fingerprint density at radius 2 is 2.14 bits per heavy atom. The van der Waals surface area contributed by atoms with Gasteiger partial charge in [0.05, 0.1) is 28.9 Å². The van der Waals surface area contributed by atoms with Crippen LogP contribution in [0, 0.1) is 0 Å². The highest BCUT2D eigenvalue weighted by Crippen LogP contribution is 2.46. The number of hydrogen-bond donors (Lipinski definition) is 2. The van der Waals surface area contributed by atoms with Crippen LogP contribution >= 0.6 is 27.3 Å². The number of halogens is 4. The van der Waals surface area contributed by atoms with E-state index in [9.17, 15) is 22.8 Å². The van der Waals surface area contributed by atoms with Crippen LogP contribution in [0.5, 0.6) is 0 Å². The number of nitrogens with zero attached hydrogens (tertiary/aromatic N) is 2. The van der Waals surface area contributed by atoms with Crippen LogP contribution in [0.3, 0.4) is 0 Å². The minimum absolute atomic E-state index is 0.0196. The summed E-state index contributed by atoms with van der Waals surface area (Å²) in [6.45, 7) is 1.87. The number of carbonyl (C=O) groups is 2. The molecular weight excluding hydrogens is 565 g/mol. The third kappa shape index (κ3) is 4.42. The van der Waals surface area contributed by atoms with Crippen molar-refractivity contribution in [1.82, 2.24) is 9.78 Å². The van der Waals surface area contributed by atoms with Gasteiger partial charge in [0.15, 0.2) is 11.7 Å². The second-order valence-corrected chi connectivity index (χ2v) is 10.4. The molecule has 0 radical (unpaired) electrons. The zero-order valence-electron chi connectivity index (χ0n) is 19.1. The van der Waals surface area contributed by atoms with Crippen molar-refractivity contribution in [2.75, 3.05) is 17.2 Å². The lowest BCUT2D eigenvalue weighted by molar-refractivity contribution is -0.174. The van der Waals surface area contributed by atoms with Gasteiger partial charge >= 0.3 is 12.1 Å². The summed E-state index contributed by atoms with van der Waals surface area (Å²) in [6, 6.07) is 0.461. The summed E-state index contributed by atoms with van der Waals surface area (Å²) in [4.78, 5) is 27.0. The normalized spacial score (nSPS) is 19.2. The second-order valence-electron chi connectivity index (χ2n) is 8.55. The summed E-state index contributed by atoms with van der Waals surface area (Å²) in [5.74, 6) is -0.898. The van der Waals surface area contributed by atoms with E-state index in [-0.39, 0.29) is 29.0 Å². The van der Waals surface area contributed by atoms with Crippen LogP contribution < -0.4 is 10.6 Å². The molecule has 8 nitrogen and oxygen atoms in total. The predicted octanol–water partition coefficient (Wildman–Crippen LogP) is 6.27. The molecule has 3 aromatic rings. The van der Waals surface area contributed by atoms with E-state index in [1.165, 1.54) is 17.6 Å². The first kappa shape index (κ1) is 24.9. The topological polar surface area (TPSA) is 98.4 Å². The maximum atomic E-state index is 14.0. The van der Waals surface area contributed by atoms with Gasteiger partial charge in [0.1, 0.15) is 16.6 Å². The number of anilines is 2. The lowest BCUT2D eigenvalue weighted by Gasteiger charge is -2.32. The molecule has 0 aromatic carbocycles. The largest absolute Gasteiger partial charge is 0.467 e. The highest BCUT2D eigenvalue weighted by molar-refractivity contribution is 9.10. The molecule has 0 saturated carbocycles. The number of thiophene rings is 1. The van der Waals surface area contributed by atoms with E-state index < -0.39 is 30.1 Å². The summed E-state index contributed by atoms with van der Waals surface area (Å²) in [7, 11) is 0. The van der Waals surface area contributed by atoms with E-state index in [4.69, 9.17) is 9.15 Å². The molecule has 0 fully saturated rings. The van der Waals surface area contributed by atoms with Crippen molar-refractivity contribution < 1.29 is 31.9 Å². The van der Waals surface area contributed by atoms with Crippen LogP contribution in [0.2, 0.25) is 0 Å². The van der Waals surface area contributed by atoms with Crippen LogP contribution in [0.25, 0.3) is 0 Å². The molecule has 192 valence electrons. The number of ether oxygens (including phenoxy) is 1. The third-order valence-electron chi connectivity index (χ3n) is 6.28. The first-order chi connectivity index (χ1) is 17.2. The molecule has 0 unspecified atom stereocenters. The molecule has 0 spiro atoms. The zero-order chi connectivity index (χ0) is 25.6. The predicted molar refractivity (Wildman–Crippen MR) is 130 cm³/mol. The van der Waals surface area contributed by atoms with E-state index in [2.05, 4.69) is 31.7 Å². The first-order valence-electron chi connectivity index (χ1n) is 11.5. The third-order valence-corrected chi connectivity index (χ3v) is 8.23. The van der Waals surface area contributed by atoms with E-state index in [1.807, 2.05) is 0 Å². The summed E-state index contributed by atoms with van der Waals surface area (Å²) < 4.78 is 53.4. The molecule has 2 N–H and O–H groups in total. The number of nitrogens with one attached hydrogen (secondary N) is 2. The Hall–Kier alpha value is -2.80. The number of hydrogen-bond acceptors (Lipinski definition) is 7. The van der Waals surface area contributed by atoms with Gasteiger partial charge in [0.2, 0.25) is 0 Å². The highest BCUT2D eigenvalue weighted by Gasteiger charge is 2.48. The van der Waals surface area contributed by atoms with Crippen molar-refractivity contribution in [2.24, 2.45) is 0 Å². The lowest BCUT2D eigenvalue weighted by Crippen LogP contribution is -2.35. The van der Waals surface area contributed by atoms with Gasteiger partial charge in [-0.25, -0.2) is 9.48 Å². The summed E-state index contributed by atoms with van der Waals surface area (Å²) in [6.07, 6.45) is -0.191. The van der Waals surface area contributed by atoms with E-state index in [1.54, 1.807) is 19.1 Å². The highest BCUT2D eigenvalue weighted by atomic mass is 79.9. The van der Waals surface area contributed by atoms with Gasteiger partial charge in [0.25, 0.3) is 5.91 Å². The monoisotopic (exact) mass is 586 g/mol. The number of fused-ring (bicyclic) bond motifs is 2. The minimum atomic E-state index is -4.61. The molecule has 5 rings (SSSR count). The van der Waals surface area contributed by atoms with E-state index >= 15 is 0 Å². The Morgan fingerprint density at radius 3 is 2.83 bits per heavy atom. The number of aryl methyl sites for hydroxylation is 1. The van der Waals surface area contributed by atoms with Crippen molar-refractivity contribution in [3.8, 4) is 0 Å². The van der Waals surface area contributed by atoms with Crippen LogP contribution in [0.15, 0.2) is 27.3 Å². The van der Waals surface area contributed by atoms with Crippen molar-refractivity contribution in [3.63, 3.8) is 0 Å². The minimum Gasteiger partial charge on any atom is -0.467 e. The zero-order valence-corrected chi connectivity index (χ0v) is 21.5. The van der Waals surface area contributed by atoms with Crippen molar-refractivity contribution in [1.29, 1.82) is 0 Å². The second kappa shape index (κ2) is 9.58. The lowest BCUT2D eigenvalue weighted by atomic mass is 9.95. The smallest absolute Gasteiger partial charge is 0.410 e. The Labute approximate surface area is 216 Å². The summed E-state index contributed by atoms with van der Waals surface area (Å²) in [5.41, 5.74) is 0.950. The van der Waals surface area contributed by atoms with Crippen molar-refractivity contribution in [3.05, 3.63) is 50.3 Å². The molecule has 4 heterocycles. The van der Waals surface area contributed by atoms with Gasteiger partial charge in [-0.1, -0.05) is 0 Å². The quantitative estimate of drug-likeness (QED) is 0.342. The molecule has 1 aliphatic heterocycles. The van der Waals surface area contributed by atoms with Gasteiger partial charge in [-0.05, 0) is 66.2 Å². The van der Waals surface area contributed by atoms with Crippen LogP contribution in [-0.2, 0) is 17.6 Å². The number of esters is 1. The fourth-order valence-corrected chi connectivity index (χ4v) is 6.47. The molecule has 3 aromatic heterocycles. The maximum absolute atomic E-state index is 14.0. The number of amides is 1. The Kier molecular flexibility index (Phi) is 6.62. The summed E-state index contributed by atoms with van der Waals surface area (Å²) >= 11 is 4.57. The molecule has 1 amide bonds. The maximum Gasteiger partial charge on any atom is 0.410 e. The van der Waals surface area contributed by atoms with Gasteiger partial charge < -0.3 is 19.8 Å². The number of carbonyl (C=O) groups excluding carboxylic acids is 2. The molecule has 2 atom stereocenters. The average Bonchev–Trinajstić information content (AvgIpc) is 3.55. The number of alkyl halides is 3. The van der Waals surface area contributed by atoms with Gasteiger partial charge in [-0.15, -0.1) is 11.3 Å². The Balaban J connectivity index is 1.50.